The van der Waals surface area contributed by atoms with Crippen molar-refractivity contribution in [3.05, 3.63) is 27.0 Å². The number of hydrogen-bond donors (Lipinski definition) is 1. The van der Waals surface area contributed by atoms with E-state index in [2.05, 4.69) is 66.8 Å². The Hall–Kier alpha value is -1.77. The third kappa shape index (κ3) is 6.12. The van der Waals surface area contributed by atoms with Gasteiger partial charge in [0.1, 0.15) is 11.5 Å². The minimum Gasteiger partial charge on any atom is -0.493 e. The zero-order valence-electron chi connectivity index (χ0n) is 18.6. The first-order valence-corrected chi connectivity index (χ1v) is 11.9. The van der Waals surface area contributed by atoms with Crippen molar-refractivity contribution in [3.8, 4) is 22.8 Å². The van der Waals surface area contributed by atoms with Gasteiger partial charge in [-0.05, 0) is 59.9 Å². The van der Waals surface area contributed by atoms with Gasteiger partial charge in [-0.1, -0.05) is 45.7 Å². The van der Waals surface area contributed by atoms with Crippen molar-refractivity contribution < 1.29 is 18.8 Å². The number of carbonyl (C=O) groups excluding carboxylic acids is 1. The Morgan fingerprint density at radius 2 is 1.73 bits per heavy atom. The summed E-state index contributed by atoms with van der Waals surface area (Å²) < 4.78 is 18.5. The molecule has 0 bridgehead atoms. The van der Waals surface area contributed by atoms with Crippen LogP contribution >= 0.6 is 22.6 Å². The van der Waals surface area contributed by atoms with E-state index in [1.165, 1.54) is 0 Å². The van der Waals surface area contributed by atoms with Gasteiger partial charge in [0.15, 0.2) is 11.5 Å². The molecule has 0 atom stereocenters. The summed E-state index contributed by atoms with van der Waals surface area (Å²) in [5, 5.41) is 6.80. The van der Waals surface area contributed by atoms with Gasteiger partial charge in [0, 0.05) is 12.6 Å². The van der Waals surface area contributed by atoms with Crippen LogP contribution in [0.5, 0.6) is 11.5 Å². The number of nitrogens with one attached hydrogen (secondary N) is 1. The highest BCUT2D eigenvalue weighted by molar-refractivity contribution is 14.1. The van der Waals surface area contributed by atoms with Gasteiger partial charge in [-0.2, -0.15) is 0 Å². The monoisotopic (exact) mass is 528 g/mol. The fourth-order valence-electron chi connectivity index (χ4n) is 2.94. The standard InChI is InChI=1S/C23H33IN2O4/c1-6-9-11-28-18-14-19(29-12-10-7-2)17(13-16(18)15(4)5)22-20(24)21(26-30-22)23(27)25-8-3/h13-15H,6-12H2,1-5H3,(H,25,27). The largest absolute Gasteiger partial charge is 0.493 e. The molecule has 166 valence electrons. The van der Waals surface area contributed by atoms with Crippen molar-refractivity contribution in [2.45, 2.75) is 66.2 Å². The van der Waals surface area contributed by atoms with Gasteiger partial charge in [0.05, 0.1) is 22.3 Å². The lowest BCUT2D eigenvalue weighted by Gasteiger charge is -2.18. The first-order chi connectivity index (χ1) is 14.4. The molecule has 0 fully saturated rings. The molecule has 1 aromatic heterocycles. The zero-order chi connectivity index (χ0) is 22.1. The van der Waals surface area contributed by atoms with Gasteiger partial charge in [-0.15, -0.1) is 0 Å². The van der Waals surface area contributed by atoms with Crippen molar-refractivity contribution >= 4 is 28.5 Å². The average molecular weight is 528 g/mol. The minimum atomic E-state index is -0.242. The number of amides is 1. The molecule has 30 heavy (non-hydrogen) atoms. The second-order valence-electron chi connectivity index (χ2n) is 7.48. The molecule has 0 spiro atoms. The summed E-state index contributed by atoms with van der Waals surface area (Å²) in [5.74, 6) is 2.09. The fourth-order valence-corrected chi connectivity index (χ4v) is 3.67. The number of rotatable bonds is 12. The molecule has 1 aromatic carbocycles. The van der Waals surface area contributed by atoms with Crippen LogP contribution in [0.15, 0.2) is 16.7 Å². The quantitative estimate of drug-likeness (QED) is 0.263. The third-order valence-electron chi connectivity index (χ3n) is 4.68. The van der Waals surface area contributed by atoms with Crippen LogP contribution in [0.1, 0.15) is 82.3 Å². The second-order valence-corrected chi connectivity index (χ2v) is 8.56. The van der Waals surface area contributed by atoms with Crippen LogP contribution in [-0.4, -0.2) is 30.8 Å². The molecule has 0 saturated heterocycles. The highest BCUT2D eigenvalue weighted by Gasteiger charge is 2.25. The lowest BCUT2D eigenvalue weighted by atomic mass is 9.97. The molecule has 1 amide bonds. The van der Waals surface area contributed by atoms with Crippen LogP contribution < -0.4 is 14.8 Å². The maximum absolute atomic E-state index is 12.3. The molecule has 1 N–H and O–H groups in total. The molecule has 0 aliphatic heterocycles. The molecule has 0 unspecified atom stereocenters. The molecule has 0 aliphatic carbocycles. The van der Waals surface area contributed by atoms with Gasteiger partial charge in [0.2, 0.25) is 0 Å². The summed E-state index contributed by atoms with van der Waals surface area (Å²) in [4.78, 5) is 12.3. The van der Waals surface area contributed by atoms with E-state index in [1.807, 2.05) is 13.0 Å². The van der Waals surface area contributed by atoms with Crippen molar-refractivity contribution in [2.24, 2.45) is 0 Å². The first kappa shape index (κ1) is 24.5. The Labute approximate surface area is 193 Å². The van der Waals surface area contributed by atoms with Gasteiger partial charge >= 0.3 is 0 Å². The molecular weight excluding hydrogens is 495 g/mol. The number of aromatic nitrogens is 1. The number of ether oxygens (including phenoxy) is 2. The van der Waals surface area contributed by atoms with E-state index < -0.39 is 0 Å². The van der Waals surface area contributed by atoms with E-state index in [0.717, 1.165) is 42.6 Å². The summed E-state index contributed by atoms with van der Waals surface area (Å²) in [5.41, 5.74) is 2.17. The number of nitrogens with zero attached hydrogens (tertiary/aromatic N) is 1. The number of unbranched alkanes of at least 4 members (excludes halogenated alkanes) is 2. The molecule has 0 saturated carbocycles. The van der Waals surface area contributed by atoms with Crippen LogP contribution in [0.25, 0.3) is 11.3 Å². The van der Waals surface area contributed by atoms with Crippen molar-refractivity contribution in [1.29, 1.82) is 0 Å². The predicted octanol–water partition coefficient (Wildman–Crippen LogP) is 6.18. The van der Waals surface area contributed by atoms with Gasteiger partial charge in [0.25, 0.3) is 5.91 Å². The molecule has 0 radical (unpaired) electrons. The molecule has 1 heterocycles. The lowest BCUT2D eigenvalue weighted by Crippen LogP contribution is -2.23. The number of hydrogen-bond acceptors (Lipinski definition) is 5. The predicted molar refractivity (Wildman–Crippen MR) is 128 cm³/mol. The van der Waals surface area contributed by atoms with Gasteiger partial charge in [-0.3, -0.25) is 4.79 Å². The molecule has 7 heteroatoms. The normalized spacial score (nSPS) is 11.0. The Morgan fingerprint density at radius 1 is 1.10 bits per heavy atom. The number of benzene rings is 1. The third-order valence-corrected chi connectivity index (χ3v) is 5.68. The summed E-state index contributed by atoms with van der Waals surface area (Å²) in [6, 6.07) is 4.01. The van der Waals surface area contributed by atoms with Crippen LogP contribution in [-0.2, 0) is 0 Å². The summed E-state index contributed by atoms with van der Waals surface area (Å²) in [7, 11) is 0. The Bertz CT molecular complexity index is 833. The maximum Gasteiger partial charge on any atom is 0.274 e. The Balaban J connectivity index is 2.53. The van der Waals surface area contributed by atoms with Crippen LogP contribution in [0, 0.1) is 3.57 Å². The van der Waals surface area contributed by atoms with E-state index in [4.69, 9.17) is 14.0 Å². The zero-order valence-corrected chi connectivity index (χ0v) is 20.8. The van der Waals surface area contributed by atoms with Crippen LogP contribution in [0.2, 0.25) is 0 Å². The van der Waals surface area contributed by atoms with E-state index in [0.29, 0.717) is 40.5 Å². The lowest BCUT2D eigenvalue weighted by molar-refractivity contribution is 0.0946. The van der Waals surface area contributed by atoms with E-state index in [1.54, 1.807) is 0 Å². The molecule has 6 nitrogen and oxygen atoms in total. The fraction of sp³-hybridized carbons (Fsp3) is 0.565. The average Bonchev–Trinajstić information content (AvgIpc) is 3.09. The van der Waals surface area contributed by atoms with E-state index in [-0.39, 0.29) is 11.8 Å². The SMILES string of the molecule is CCCCOc1cc(OCCCC)c(C(C)C)cc1-c1onc(C(=O)NCC)c1I. The maximum atomic E-state index is 12.3. The topological polar surface area (TPSA) is 73.6 Å². The summed E-state index contributed by atoms with van der Waals surface area (Å²) in [6.07, 6.45) is 4.07. The Kier molecular flexibility index (Phi) is 9.94. The highest BCUT2D eigenvalue weighted by atomic mass is 127. The van der Waals surface area contributed by atoms with E-state index in [9.17, 15) is 4.79 Å². The van der Waals surface area contributed by atoms with Crippen LogP contribution in [0.4, 0.5) is 0 Å². The second kappa shape index (κ2) is 12.2. The van der Waals surface area contributed by atoms with Gasteiger partial charge < -0.3 is 19.3 Å². The van der Waals surface area contributed by atoms with Crippen LogP contribution in [0.3, 0.4) is 0 Å². The Morgan fingerprint density at radius 3 is 2.30 bits per heavy atom. The van der Waals surface area contributed by atoms with Gasteiger partial charge in [-0.25, -0.2) is 0 Å². The molecule has 2 rings (SSSR count). The minimum absolute atomic E-state index is 0.242. The number of carbonyl (C=O) groups is 1. The highest BCUT2D eigenvalue weighted by Crippen LogP contribution is 2.41. The first-order valence-electron chi connectivity index (χ1n) is 10.8. The van der Waals surface area contributed by atoms with Crippen molar-refractivity contribution in [2.75, 3.05) is 19.8 Å². The molecular formula is C23H33IN2O4. The van der Waals surface area contributed by atoms with Crippen molar-refractivity contribution in [3.63, 3.8) is 0 Å². The van der Waals surface area contributed by atoms with E-state index >= 15 is 0 Å². The molecule has 2 aromatic rings. The smallest absolute Gasteiger partial charge is 0.274 e. The van der Waals surface area contributed by atoms with Crippen molar-refractivity contribution in [1.82, 2.24) is 10.5 Å². The number of halogens is 1. The summed E-state index contributed by atoms with van der Waals surface area (Å²) >= 11 is 2.12. The summed E-state index contributed by atoms with van der Waals surface area (Å²) in [6.45, 7) is 12.2. The molecule has 0 aliphatic rings.